The molecule has 2 nitrogen and oxygen atoms in total. The highest BCUT2D eigenvalue weighted by atomic mass is 16.5. The lowest BCUT2D eigenvalue weighted by Crippen LogP contribution is -2.30. The van der Waals surface area contributed by atoms with Gasteiger partial charge in [-0.3, -0.25) is 0 Å². The Kier molecular flexibility index (Phi) is 3.97. The van der Waals surface area contributed by atoms with E-state index in [1.165, 1.54) is 11.1 Å². The third kappa shape index (κ3) is 3.06. The zero-order valence-corrected chi connectivity index (χ0v) is 9.86. The van der Waals surface area contributed by atoms with Crippen molar-refractivity contribution in [3.8, 4) is 0 Å². The molecule has 1 aromatic carbocycles. The van der Waals surface area contributed by atoms with Gasteiger partial charge in [-0.25, -0.2) is 0 Å². The van der Waals surface area contributed by atoms with Gasteiger partial charge in [-0.2, -0.15) is 0 Å². The first-order valence-corrected chi connectivity index (χ1v) is 6.07. The van der Waals surface area contributed by atoms with Crippen LogP contribution >= 0.6 is 0 Å². The number of hydrogen-bond donors (Lipinski definition) is 1. The van der Waals surface area contributed by atoms with Gasteiger partial charge in [0, 0.05) is 12.5 Å². The summed E-state index contributed by atoms with van der Waals surface area (Å²) in [7, 11) is 0. The van der Waals surface area contributed by atoms with E-state index in [9.17, 15) is 5.11 Å². The molecule has 0 aliphatic carbocycles. The van der Waals surface area contributed by atoms with Crippen molar-refractivity contribution < 1.29 is 9.84 Å². The summed E-state index contributed by atoms with van der Waals surface area (Å²) in [5.74, 6) is 0.315. The maximum atomic E-state index is 10.1. The van der Waals surface area contributed by atoms with Gasteiger partial charge in [0.05, 0.1) is 12.7 Å². The fourth-order valence-electron chi connectivity index (χ4n) is 2.20. The van der Waals surface area contributed by atoms with Crippen molar-refractivity contribution in [3.63, 3.8) is 0 Å². The van der Waals surface area contributed by atoms with E-state index < -0.39 is 0 Å². The fraction of sp³-hybridized carbons (Fsp3) is 0.571. The number of rotatable bonds is 3. The smallest absolute Gasteiger partial charge is 0.0630 e. The number of aryl methyl sites for hydroxylation is 1. The van der Waals surface area contributed by atoms with Gasteiger partial charge in [-0.1, -0.05) is 29.8 Å². The van der Waals surface area contributed by atoms with Crippen LogP contribution in [-0.2, 0) is 11.2 Å². The lowest BCUT2D eigenvalue weighted by molar-refractivity contribution is -0.00847. The number of ether oxygens (including phenoxy) is 1. The third-order valence-electron chi connectivity index (χ3n) is 3.31. The van der Waals surface area contributed by atoms with E-state index >= 15 is 0 Å². The minimum atomic E-state index is -0.261. The van der Waals surface area contributed by atoms with Crippen molar-refractivity contribution in [2.24, 2.45) is 5.92 Å². The molecule has 0 amide bonds. The van der Waals surface area contributed by atoms with Crippen molar-refractivity contribution in [2.45, 2.75) is 32.3 Å². The van der Waals surface area contributed by atoms with Gasteiger partial charge < -0.3 is 9.84 Å². The van der Waals surface area contributed by atoms with E-state index in [-0.39, 0.29) is 6.10 Å². The summed E-state index contributed by atoms with van der Waals surface area (Å²) in [5, 5.41) is 10.1. The topological polar surface area (TPSA) is 29.5 Å². The molecule has 2 heteroatoms. The molecule has 1 N–H and O–H groups in total. The van der Waals surface area contributed by atoms with Crippen molar-refractivity contribution >= 4 is 0 Å². The van der Waals surface area contributed by atoms with Gasteiger partial charge in [0.25, 0.3) is 0 Å². The van der Waals surface area contributed by atoms with Crippen LogP contribution in [-0.4, -0.2) is 24.4 Å². The molecule has 0 bridgehead atoms. The molecule has 2 unspecified atom stereocenters. The molecule has 0 saturated carbocycles. The molecule has 1 fully saturated rings. The number of benzene rings is 1. The zero-order chi connectivity index (χ0) is 11.4. The zero-order valence-electron chi connectivity index (χ0n) is 9.86. The molecule has 1 aromatic rings. The van der Waals surface area contributed by atoms with Gasteiger partial charge in [-0.05, 0) is 31.7 Å². The first-order valence-electron chi connectivity index (χ1n) is 6.07. The summed E-state index contributed by atoms with van der Waals surface area (Å²) in [4.78, 5) is 0. The highest BCUT2D eigenvalue weighted by molar-refractivity contribution is 5.21. The molecule has 0 spiro atoms. The van der Waals surface area contributed by atoms with Crippen molar-refractivity contribution in [1.82, 2.24) is 0 Å². The molecule has 2 atom stereocenters. The molecular weight excluding hydrogens is 200 g/mol. The third-order valence-corrected chi connectivity index (χ3v) is 3.31. The van der Waals surface area contributed by atoms with Crippen LogP contribution in [0.15, 0.2) is 24.3 Å². The Hall–Kier alpha value is -0.860. The first kappa shape index (κ1) is 11.6. The predicted octanol–water partition coefficient (Wildman–Crippen LogP) is 2.33. The van der Waals surface area contributed by atoms with Crippen LogP contribution in [0.4, 0.5) is 0 Å². The SMILES string of the molecule is Cc1ccc(CC(O)C2CCCOC2)cc1. The summed E-state index contributed by atoms with van der Waals surface area (Å²) in [6, 6.07) is 8.39. The van der Waals surface area contributed by atoms with E-state index in [4.69, 9.17) is 4.74 Å². The van der Waals surface area contributed by atoms with Crippen LogP contribution in [0.2, 0.25) is 0 Å². The Labute approximate surface area is 97.3 Å². The van der Waals surface area contributed by atoms with Gasteiger partial charge in [0.15, 0.2) is 0 Å². The Morgan fingerprint density at radius 2 is 2.12 bits per heavy atom. The van der Waals surface area contributed by atoms with Crippen molar-refractivity contribution in [1.29, 1.82) is 0 Å². The summed E-state index contributed by atoms with van der Waals surface area (Å²) in [6.07, 6.45) is 2.65. The summed E-state index contributed by atoms with van der Waals surface area (Å²) in [6.45, 7) is 3.65. The second-order valence-corrected chi connectivity index (χ2v) is 4.73. The van der Waals surface area contributed by atoms with Crippen molar-refractivity contribution in [2.75, 3.05) is 13.2 Å². The van der Waals surface area contributed by atoms with Gasteiger partial charge in [0.2, 0.25) is 0 Å². The van der Waals surface area contributed by atoms with E-state index in [0.717, 1.165) is 25.9 Å². The summed E-state index contributed by atoms with van der Waals surface area (Å²) >= 11 is 0. The molecule has 2 rings (SSSR count). The highest BCUT2D eigenvalue weighted by Crippen LogP contribution is 2.20. The lowest BCUT2D eigenvalue weighted by atomic mass is 9.91. The monoisotopic (exact) mass is 220 g/mol. The second kappa shape index (κ2) is 5.46. The average Bonchev–Trinajstić information content (AvgIpc) is 2.33. The average molecular weight is 220 g/mol. The second-order valence-electron chi connectivity index (χ2n) is 4.73. The molecular formula is C14H20O2. The van der Waals surface area contributed by atoms with Gasteiger partial charge in [0.1, 0.15) is 0 Å². The normalized spacial score (nSPS) is 23.0. The molecule has 0 aromatic heterocycles. The van der Waals surface area contributed by atoms with E-state index in [1.807, 2.05) is 0 Å². The Bertz CT molecular complexity index is 312. The molecule has 1 heterocycles. The lowest BCUT2D eigenvalue weighted by Gasteiger charge is -2.26. The Morgan fingerprint density at radius 1 is 1.38 bits per heavy atom. The number of hydrogen-bond acceptors (Lipinski definition) is 2. The Morgan fingerprint density at radius 3 is 2.75 bits per heavy atom. The summed E-state index contributed by atoms with van der Waals surface area (Å²) < 4.78 is 5.40. The molecule has 16 heavy (non-hydrogen) atoms. The van der Waals surface area contributed by atoms with Crippen LogP contribution in [0, 0.1) is 12.8 Å². The fourth-order valence-corrected chi connectivity index (χ4v) is 2.20. The van der Waals surface area contributed by atoms with Gasteiger partial charge in [-0.15, -0.1) is 0 Å². The van der Waals surface area contributed by atoms with Crippen molar-refractivity contribution in [3.05, 3.63) is 35.4 Å². The minimum Gasteiger partial charge on any atom is -0.392 e. The number of aliphatic hydroxyl groups excluding tert-OH is 1. The minimum absolute atomic E-state index is 0.261. The first-order chi connectivity index (χ1) is 7.75. The molecule has 1 aliphatic rings. The largest absolute Gasteiger partial charge is 0.392 e. The Balaban J connectivity index is 1.90. The molecule has 0 radical (unpaired) electrons. The van der Waals surface area contributed by atoms with Crippen LogP contribution in [0.3, 0.4) is 0 Å². The molecule has 88 valence electrons. The van der Waals surface area contributed by atoms with Crippen LogP contribution < -0.4 is 0 Å². The standard InChI is InChI=1S/C14H20O2/c1-11-4-6-12(7-5-11)9-14(15)13-3-2-8-16-10-13/h4-7,13-15H,2-3,8-10H2,1H3. The van der Waals surface area contributed by atoms with Crippen LogP contribution in [0.5, 0.6) is 0 Å². The molecule has 1 saturated heterocycles. The number of aliphatic hydroxyl groups is 1. The summed E-state index contributed by atoms with van der Waals surface area (Å²) in [5.41, 5.74) is 2.47. The highest BCUT2D eigenvalue weighted by Gasteiger charge is 2.22. The van der Waals surface area contributed by atoms with Crippen LogP contribution in [0.1, 0.15) is 24.0 Å². The predicted molar refractivity (Wildman–Crippen MR) is 64.4 cm³/mol. The quantitative estimate of drug-likeness (QED) is 0.847. The van der Waals surface area contributed by atoms with Crippen LogP contribution in [0.25, 0.3) is 0 Å². The van der Waals surface area contributed by atoms with E-state index in [1.54, 1.807) is 0 Å². The van der Waals surface area contributed by atoms with E-state index in [2.05, 4.69) is 31.2 Å². The van der Waals surface area contributed by atoms with Gasteiger partial charge >= 0.3 is 0 Å². The maximum Gasteiger partial charge on any atom is 0.0630 e. The van der Waals surface area contributed by atoms with E-state index in [0.29, 0.717) is 12.5 Å². The maximum absolute atomic E-state index is 10.1. The molecule has 1 aliphatic heterocycles.